The summed E-state index contributed by atoms with van der Waals surface area (Å²) in [6.45, 7) is 5.42. The Morgan fingerprint density at radius 3 is 2.62 bits per heavy atom. The van der Waals surface area contributed by atoms with Crippen LogP contribution in [0.3, 0.4) is 0 Å². The van der Waals surface area contributed by atoms with Crippen molar-refractivity contribution >= 4 is 16.9 Å². The minimum absolute atomic E-state index is 0.532. The average molecular weight is 341 g/mol. The number of pyridine rings is 1. The van der Waals surface area contributed by atoms with Gasteiger partial charge in [-0.1, -0.05) is 49.0 Å². The molecule has 1 aromatic heterocycles. The Morgan fingerprint density at radius 1 is 1.21 bits per heavy atom. The second-order valence-electron chi connectivity index (χ2n) is 5.82. The third kappa shape index (κ3) is 3.32. The van der Waals surface area contributed by atoms with E-state index in [1.807, 2.05) is 42.2 Å². The van der Waals surface area contributed by atoms with Crippen molar-refractivity contribution in [2.45, 2.75) is 32.5 Å². The molecule has 0 aliphatic carbocycles. The number of nitrogens with zero attached hydrogens (tertiary/aromatic N) is 3. The Balaban J connectivity index is 1.82. The van der Waals surface area contributed by atoms with Gasteiger partial charge in [-0.2, -0.15) is 0 Å². The fourth-order valence-corrected chi connectivity index (χ4v) is 4.14. The summed E-state index contributed by atoms with van der Waals surface area (Å²) in [4.78, 5) is 11.0. The van der Waals surface area contributed by atoms with Crippen LogP contribution < -0.4 is 0 Å². The van der Waals surface area contributed by atoms with Gasteiger partial charge in [0.2, 0.25) is 0 Å². The monoisotopic (exact) mass is 341 g/mol. The van der Waals surface area contributed by atoms with Gasteiger partial charge >= 0.3 is 0 Å². The molecule has 1 N–H and O–H groups in total. The molecule has 1 saturated heterocycles. The van der Waals surface area contributed by atoms with E-state index in [4.69, 9.17) is 0 Å². The van der Waals surface area contributed by atoms with Gasteiger partial charge in [0.1, 0.15) is 0 Å². The Hall–Kier alpha value is -1.85. The largest absolute Gasteiger partial charge is 0.366 e. The summed E-state index contributed by atoms with van der Waals surface area (Å²) in [6, 6.07) is 14.1. The summed E-state index contributed by atoms with van der Waals surface area (Å²) in [7, 11) is 0. The molecule has 5 heteroatoms. The summed E-state index contributed by atoms with van der Waals surface area (Å²) in [5.74, 6) is 0.591. The van der Waals surface area contributed by atoms with Crippen molar-refractivity contribution in [3.63, 3.8) is 0 Å². The van der Waals surface area contributed by atoms with Gasteiger partial charge in [-0.05, 0) is 31.0 Å². The number of aliphatic imine (C=N–C) groups is 1. The summed E-state index contributed by atoms with van der Waals surface area (Å²) in [5.41, 5.74) is 2.15. The molecule has 0 bridgehead atoms. The number of hydrogen-bond acceptors (Lipinski definition) is 4. The quantitative estimate of drug-likeness (QED) is 0.905. The molecule has 0 radical (unpaired) electrons. The van der Waals surface area contributed by atoms with Gasteiger partial charge in [0, 0.05) is 18.3 Å². The molecule has 4 nitrogen and oxygen atoms in total. The van der Waals surface area contributed by atoms with E-state index < -0.39 is 5.72 Å². The topological polar surface area (TPSA) is 48.7 Å². The zero-order valence-corrected chi connectivity index (χ0v) is 15.0. The van der Waals surface area contributed by atoms with Crippen molar-refractivity contribution in [3.8, 4) is 0 Å². The van der Waals surface area contributed by atoms with Gasteiger partial charge in [-0.25, -0.2) is 0 Å². The first-order valence-electron chi connectivity index (χ1n) is 8.34. The molecule has 2 heterocycles. The van der Waals surface area contributed by atoms with Crippen molar-refractivity contribution in [1.29, 1.82) is 0 Å². The highest BCUT2D eigenvalue weighted by Crippen LogP contribution is 2.39. The molecular formula is C19H23N3OS. The highest BCUT2D eigenvalue weighted by atomic mass is 32.2. The Kier molecular flexibility index (Phi) is 5.21. The van der Waals surface area contributed by atoms with Gasteiger partial charge < -0.3 is 10.0 Å². The first kappa shape index (κ1) is 17.0. The van der Waals surface area contributed by atoms with Crippen LogP contribution in [0.4, 0.5) is 0 Å². The molecule has 1 unspecified atom stereocenters. The summed E-state index contributed by atoms with van der Waals surface area (Å²) in [5, 5.41) is 12.1. The van der Waals surface area contributed by atoms with Gasteiger partial charge in [0.05, 0.1) is 18.0 Å². The SMILES string of the molecule is CCc1ccc(C2(O)CSC(=NCc3ccccn3)N2CC)cc1. The van der Waals surface area contributed by atoms with E-state index in [2.05, 4.69) is 29.0 Å². The second kappa shape index (κ2) is 7.36. The molecule has 1 aliphatic rings. The first-order valence-corrected chi connectivity index (χ1v) is 9.32. The lowest BCUT2D eigenvalue weighted by atomic mass is 10.0. The molecule has 126 valence electrons. The van der Waals surface area contributed by atoms with Crippen LogP contribution in [0.5, 0.6) is 0 Å². The van der Waals surface area contributed by atoms with Crippen LogP contribution in [0.15, 0.2) is 53.7 Å². The molecule has 0 saturated carbocycles. The molecule has 24 heavy (non-hydrogen) atoms. The van der Waals surface area contributed by atoms with Crippen LogP contribution >= 0.6 is 11.8 Å². The highest BCUT2D eigenvalue weighted by molar-refractivity contribution is 8.14. The van der Waals surface area contributed by atoms with Crippen molar-refractivity contribution in [2.75, 3.05) is 12.3 Å². The number of rotatable bonds is 5. The van der Waals surface area contributed by atoms with Crippen molar-refractivity contribution in [1.82, 2.24) is 9.88 Å². The number of aryl methyl sites for hydroxylation is 1. The molecule has 1 fully saturated rings. The van der Waals surface area contributed by atoms with Crippen LogP contribution in [0.2, 0.25) is 0 Å². The predicted molar refractivity (Wildman–Crippen MR) is 99.9 cm³/mol. The molecule has 3 rings (SSSR count). The van der Waals surface area contributed by atoms with Crippen LogP contribution in [-0.2, 0) is 18.7 Å². The van der Waals surface area contributed by atoms with E-state index in [1.54, 1.807) is 18.0 Å². The molecular weight excluding hydrogens is 318 g/mol. The van der Waals surface area contributed by atoms with E-state index >= 15 is 0 Å². The highest BCUT2D eigenvalue weighted by Gasteiger charge is 2.43. The average Bonchev–Trinajstić information content (AvgIpc) is 2.97. The van der Waals surface area contributed by atoms with Crippen molar-refractivity contribution < 1.29 is 5.11 Å². The van der Waals surface area contributed by atoms with Crippen molar-refractivity contribution in [2.24, 2.45) is 4.99 Å². The number of benzene rings is 1. The zero-order valence-electron chi connectivity index (χ0n) is 14.1. The fraction of sp³-hybridized carbons (Fsp3) is 0.368. The van der Waals surface area contributed by atoms with Gasteiger partial charge in [-0.15, -0.1) is 0 Å². The van der Waals surface area contributed by atoms with Crippen LogP contribution in [0.1, 0.15) is 30.7 Å². The molecule has 1 aromatic carbocycles. The van der Waals surface area contributed by atoms with Crippen LogP contribution in [-0.4, -0.2) is 32.5 Å². The lowest BCUT2D eigenvalue weighted by Gasteiger charge is -2.33. The summed E-state index contributed by atoms with van der Waals surface area (Å²) in [6.07, 6.45) is 2.78. The molecule has 2 aromatic rings. The number of amidine groups is 1. The first-order chi connectivity index (χ1) is 11.7. The van der Waals surface area contributed by atoms with Gasteiger partial charge in [0.15, 0.2) is 10.9 Å². The number of aromatic nitrogens is 1. The van der Waals surface area contributed by atoms with Crippen molar-refractivity contribution in [3.05, 3.63) is 65.5 Å². The van der Waals surface area contributed by atoms with Crippen LogP contribution in [0, 0.1) is 0 Å². The Bertz CT molecular complexity index is 702. The third-order valence-electron chi connectivity index (χ3n) is 4.32. The minimum atomic E-state index is -0.991. The zero-order chi connectivity index (χ0) is 17.0. The number of hydrogen-bond donors (Lipinski definition) is 1. The van der Waals surface area contributed by atoms with Crippen LogP contribution in [0.25, 0.3) is 0 Å². The maximum absolute atomic E-state index is 11.3. The molecule has 1 aliphatic heterocycles. The molecule has 0 amide bonds. The van der Waals surface area contributed by atoms with Gasteiger partial charge in [-0.3, -0.25) is 9.98 Å². The normalized spacial score (nSPS) is 22.3. The van der Waals surface area contributed by atoms with E-state index in [0.29, 0.717) is 18.8 Å². The standard InChI is InChI=1S/C19H23N3OS/c1-3-15-8-10-16(11-9-15)19(23)14-24-18(22(19)4-2)21-13-17-7-5-6-12-20-17/h5-12,23H,3-4,13-14H2,1-2H3. The minimum Gasteiger partial charge on any atom is -0.366 e. The fourth-order valence-electron chi connectivity index (χ4n) is 2.89. The smallest absolute Gasteiger partial charge is 0.175 e. The summed E-state index contributed by atoms with van der Waals surface area (Å²) >= 11 is 1.60. The Labute approximate surface area is 147 Å². The summed E-state index contributed by atoms with van der Waals surface area (Å²) < 4.78 is 0. The third-order valence-corrected chi connectivity index (χ3v) is 5.48. The molecule has 0 spiro atoms. The molecule has 1 atom stereocenters. The second-order valence-corrected chi connectivity index (χ2v) is 6.76. The number of aliphatic hydroxyl groups is 1. The van der Waals surface area contributed by atoms with E-state index in [0.717, 1.165) is 22.8 Å². The number of thioether (sulfide) groups is 1. The lowest BCUT2D eigenvalue weighted by Crippen LogP contribution is -2.44. The van der Waals surface area contributed by atoms with E-state index in [9.17, 15) is 5.11 Å². The van der Waals surface area contributed by atoms with Gasteiger partial charge in [0.25, 0.3) is 0 Å². The maximum Gasteiger partial charge on any atom is 0.175 e. The predicted octanol–water partition coefficient (Wildman–Crippen LogP) is 3.41. The van der Waals surface area contributed by atoms with E-state index in [-0.39, 0.29) is 0 Å². The lowest BCUT2D eigenvalue weighted by molar-refractivity contribution is -0.0453. The Morgan fingerprint density at radius 2 is 2.00 bits per heavy atom. The maximum atomic E-state index is 11.3. The van der Waals surface area contributed by atoms with E-state index in [1.165, 1.54) is 5.56 Å².